The van der Waals surface area contributed by atoms with E-state index in [4.69, 9.17) is 19.3 Å². The van der Waals surface area contributed by atoms with Gasteiger partial charge in [-0.15, -0.1) is 0 Å². The zero-order valence-electron chi connectivity index (χ0n) is 9.26. The van der Waals surface area contributed by atoms with Gasteiger partial charge >= 0.3 is 0 Å². The molecule has 1 saturated heterocycles. The average Bonchev–Trinajstić information content (AvgIpc) is 2.55. The highest BCUT2D eigenvalue weighted by atomic mass is 16.7. The molecule has 1 heterocycles. The Bertz CT molecular complexity index is 175. The van der Waals surface area contributed by atoms with Crippen LogP contribution in [0.4, 0.5) is 0 Å². The van der Waals surface area contributed by atoms with Gasteiger partial charge in [-0.1, -0.05) is 13.3 Å². The van der Waals surface area contributed by atoms with Gasteiger partial charge < -0.3 is 24.4 Å². The van der Waals surface area contributed by atoms with Crippen LogP contribution in [0.3, 0.4) is 0 Å². The van der Waals surface area contributed by atoms with E-state index in [-0.39, 0.29) is 12.7 Å². The Kier molecular flexibility index (Phi) is 5.49. The van der Waals surface area contributed by atoms with Crippen LogP contribution in [-0.2, 0) is 14.2 Å². The first-order valence-corrected chi connectivity index (χ1v) is 5.33. The van der Waals surface area contributed by atoms with Gasteiger partial charge in [-0.25, -0.2) is 0 Å². The molecule has 0 aromatic heterocycles. The van der Waals surface area contributed by atoms with Crippen molar-refractivity contribution >= 4 is 0 Å². The van der Waals surface area contributed by atoms with Crippen LogP contribution in [0.2, 0.25) is 0 Å². The summed E-state index contributed by atoms with van der Waals surface area (Å²) in [6.07, 6.45) is -0.431. The lowest BCUT2D eigenvalue weighted by Gasteiger charge is -2.21. The van der Waals surface area contributed by atoms with Crippen molar-refractivity contribution in [3.05, 3.63) is 0 Å². The SMILES string of the molecule is CCCCOC1C(CO)OC(O)C1OC. The van der Waals surface area contributed by atoms with Crippen LogP contribution in [0.15, 0.2) is 0 Å². The van der Waals surface area contributed by atoms with Crippen LogP contribution < -0.4 is 0 Å². The van der Waals surface area contributed by atoms with Crippen LogP contribution in [0.25, 0.3) is 0 Å². The minimum Gasteiger partial charge on any atom is -0.394 e. The molecule has 0 aliphatic carbocycles. The molecule has 0 aromatic carbocycles. The van der Waals surface area contributed by atoms with Gasteiger partial charge in [0.05, 0.1) is 6.61 Å². The summed E-state index contributed by atoms with van der Waals surface area (Å²) in [5, 5.41) is 18.5. The molecular weight excluding hydrogens is 200 g/mol. The van der Waals surface area contributed by atoms with E-state index in [1.807, 2.05) is 0 Å². The molecule has 0 amide bonds. The average molecular weight is 220 g/mol. The van der Waals surface area contributed by atoms with Crippen LogP contribution in [0, 0.1) is 0 Å². The molecule has 0 radical (unpaired) electrons. The van der Waals surface area contributed by atoms with E-state index in [2.05, 4.69) is 6.92 Å². The minimum atomic E-state index is -1.02. The smallest absolute Gasteiger partial charge is 0.184 e. The van der Waals surface area contributed by atoms with E-state index in [9.17, 15) is 5.11 Å². The number of aliphatic hydroxyl groups is 2. The number of aliphatic hydroxyl groups excluding tert-OH is 2. The van der Waals surface area contributed by atoms with Gasteiger partial charge in [0.25, 0.3) is 0 Å². The van der Waals surface area contributed by atoms with Gasteiger partial charge in [-0.3, -0.25) is 0 Å². The summed E-state index contributed by atoms with van der Waals surface area (Å²) in [6.45, 7) is 2.49. The Balaban J connectivity index is 2.47. The lowest BCUT2D eigenvalue weighted by molar-refractivity contribution is -0.140. The summed E-state index contributed by atoms with van der Waals surface area (Å²) in [5.74, 6) is 0. The van der Waals surface area contributed by atoms with Gasteiger partial charge in [-0.2, -0.15) is 0 Å². The summed E-state index contributed by atoms with van der Waals surface area (Å²) in [6, 6.07) is 0. The molecule has 5 heteroatoms. The molecule has 4 unspecified atom stereocenters. The summed E-state index contributed by atoms with van der Waals surface area (Å²) in [7, 11) is 1.49. The Morgan fingerprint density at radius 3 is 2.60 bits per heavy atom. The summed E-state index contributed by atoms with van der Waals surface area (Å²) < 4.78 is 15.8. The molecule has 1 rings (SSSR count). The van der Waals surface area contributed by atoms with Crippen molar-refractivity contribution in [2.75, 3.05) is 20.3 Å². The molecule has 0 bridgehead atoms. The van der Waals surface area contributed by atoms with E-state index >= 15 is 0 Å². The van der Waals surface area contributed by atoms with Crippen LogP contribution in [0.1, 0.15) is 19.8 Å². The van der Waals surface area contributed by atoms with Gasteiger partial charge in [0.1, 0.15) is 18.3 Å². The van der Waals surface area contributed by atoms with E-state index in [1.165, 1.54) is 7.11 Å². The number of methoxy groups -OCH3 is 1. The van der Waals surface area contributed by atoms with E-state index < -0.39 is 18.5 Å². The fourth-order valence-electron chi connectivity index (χ4n) is 1.67. The molecule has 0 saturated carbocycles. The fourth-order valence-corrected chi connectivity index (χ4v) is 1.67. The maximum absolute atomic E-state index is 9.48. The maximum atomic E-state index is 9.48. The second-order valence-electron chi connectivity index (χ2n) is 3.64. The fraction of sp³-hybridized carbons (Fsp3) is 1.00. The molecule has 0 spiro atoms. The van der Waals surface area contributed by atoms with Crippen molar-refractivity contribution < 1.29 is 24.4 Å². The molecule has 1 aliphatic heterocycles. The number of ether oxygens (including phenoxy) is 3. The zero-order chi connectivity index (χ0) is 11.3. The van der Waals surface area contributed by atoms with Crippen LogP contribution in [-0.4, -0.2) is 55.1 Å². The molecule has 4 atom stereocenters. The molecule has 15 heavy (non-hydrogen) atoms. The van der Waals surface area contributed by atoms with Crippen molar-refractivity contribution in [2.24, 2.45) is 0 Å². The summed E-state index contributed by atoms with van der Waals surface area (Å²) >= 11 is 0. The van der Waals surface area contributed by atoms with Crippen molar-refractivity contribution in [3.63, 3.8) is 0 Å². The molecule has 0 aromatic rings. The van der Waals surface area contributed by atoms with Gasteiger partial charge in [0.2, 0.25) is 0 Å². The van der Waals surface area contributed by atoms with Gasteiger partial charge in [-0.05, 0) is 6.42 Å². The molecule has 90 valence electrons. The van der Waals surface area contributed by atoms with E-state index in [1.54, 1.807) is 0 Å². The van der Waals surface area contributed by atoms with Crippen LogP contribution >= 0.6 is 0 Å². The highest BCUT2D eigenvalue weighted by Gasteiger charge is 2.44. The Labute approximate surface area is 89.9 Å². The number of unbranched alkanes of at least 4 members (excludes halogenated alkanes) is 1. The van der Waals surface area contributed by atoms with Crippen LogP contribution in [0.5, 0.6) is 0 Å². The predicted octanol–water partition coefficient (Wildman–Crippen LogP) is -0.104. The standard InChI is InChI=1S/C10H20O5/c1-3-4-5-14-8-7(6-11)15-10(12)9(8)13-2/h7-12H,3-6H2,1-2H3. The predicted molar refractivity (Wildman–Crippen MR) is 53.4 cm³/mol. The molecule has 1 aliphatic rings. The largest absolute Gasteiger partial charge is 0.394 e. The topological polar surface area (TPSA) is 68.2 Å². The highest BCUT2D eigenvalue weighted by molar-refractivity contribution is 4.88. The summed E-state index contributed by atoms with van der Waals surface area (Å²) in [5.41, 5.74) is 0. The molecule has 2 N–H and O–H groups in total. The molecule has 1 fully saturated rings. The minimum absolute atomic E-state index is 0.173. The van der Waals surface area contributed by atoms with Gasteiger partial charge in [0.15, 0.2) is 6.29 Å². The lowest BCUT2D eigenvalue weighted by Crippen LogP contribution is -2.38. The second kappa shape index (κ2) is 6.40. The normalized spacial score (nSPS) is 36.0. The number of hydrogen-bond acceptors (Lipinski definition) is 5. The van der Waals surface area contributed by atoms with Gasteiger partial charge in [0, 0.05) is 13.7 Å². The first-order chi connectivity index (χ1) is 7.24. The Hall–Kier alpha value is -0.200. The van der Waals surface area contributed by atoms with Crippen molar-refractivity contribution in [1.29, 1.82) is 0 Å². The number of hydrogen-bond donors (Lipinski definition) is 2. The third-order valence-corrected chi connectivity index (χ3v) is 2.55. The first-order valence-electron chi connectivity index (χ1n) is 5.33. The Morgan fingerprint density at radius 2 is 2.07 bits per heavy atom. The van der Waals surface area contributed by atoms with E-state index in [0.29, 0.717) is 6.61 Å². The highest BCUT2D eigenvalue weighted by Crippen LogP contribution is 2.24. The third kappa shape index (κ3) is 3.12. The lowest BCUT2D eigenvalue weighted by atomic mass is 10.1. The van der Waals surface area contributed by atoms with E-state index in [0.717, 1.165) is 12.8 Å². The van der Waals surface area contributed by atoms with Crippen molar-refractivity contribution in [1.82, 2.24) is 0 Å². The second-order valence-corrected chi connectivity index (χ2v) is 3.64. The van der Waals surface area contributed by atoms with Crippen molar-refractivity contribution in [3.8, 4) is 0 Å². The van der Waals surface area contributed by atoms with Crippen molar-refractivity contribution in [2.45, 2.75) is 44.4 Å². The first kappa shape index (κ1) is 12.9. The number of rotatable bonds is 6. The molecular formula is C10H20O5. The molecule has 5 nitrogen and oxygen atoms in total. The quantitative estimate of drug-likeness (QED) is 0.612. The zero-order valence-corrected chi connectivity index (χ0v) is 9.26. The monoisotopic (exact) mass is 220 g/mol. The maximum Gasteiger partial charge on any atom is 0.184 e. The summed E-state index contributed by atoms with van der Waals surface area (Å²) in [4.78, 5) is 0. The Morgan fingerprint density at radius 1 is 1.33 bits per heavy atom. The third-order valence-electron chi connectivity index (χ3n) is 2.55.